The Morgan fingerprint density at radius 1 is 1.08 bits per heavy atom. The molecule has 7 heteroatoms. The van der Waals surface area contributed by atoms with E-state index in [2.05, 4.69) is 21.4 Å². The SMILES string of the molecule is Cc1cccc(Sc2nccnc2SCC(=O)Nc2cccc(F)c2)c1. The zero-order valence-corrected chi connectivity index (χ0v) is 15.6. The van der Waals surface area contributed by atoms with Crippen molar-refractivity contribution in [1.82, 2.24) is 9.97 Å². The van der Waals surface area contributed by atoms with Gasteiger partial charge in [0.1, 0.15) is 15.9 Å². The van der Waals surface area contributed by atoms with E-state index >= 15 is 0 Å². The van der Waals surface area contributed by atoms with Gasteiger partial charge in [-0.25, -0.2) is 14.4 Å². The summed E-state index contributed by atoms with van der Waals surface area (Å²) in [5, 5.41) is 4.11. The number of thioether (sulfide) groups is 1. The van der Waals surface area contributed by atoms with Crippen LogP contribution in [0.5, 0.6) is 0 Å². The number of aryl methyl sites for hydroxylation is 1. The van der Waals surface area contributed by atoms with Crippen LogP contribution in [0.2, 0.25) is 0 Å². The summed E-state index contributed by atoms with van der Waals surface area (Å²) in [5.41, 5.74) is 1.60. The third kappa shape index (κ3) is 5.31. The van der Waals surface area contributed by atoms with E-state index in [0.717, 1.165) is 9.92 Å². The first-order valence-electron chi connectivity index (χ1n) is 7.84. The molecule has 0 unspecified atom stereocenters. The van der Waals surface area contributed by atoms with E-state index in [1.54, 1.807) is 24.5 Å². The van der Waals surface area contributed by atoms with Gasteiger partial charge < -0.3 is 5.32 Å². The highest BCUT2D eigenvalue weighted by Crippen LogP contribution is 2.32. The minimum atomic E-state index is -0.388. The fourth-order valence-corrected chi connectivity index (χ4v) is 3.99. The number of hydrogen-bond donors (Lipinski definition) is 1. The summed E-state index contributed by atoms with van der Waals surface area (Å²) in [6.07, 6.45) is 3.24. The number of carbonyl (C=O) groups excluding carboxylic acids is 1. The average molecular weight is 385 g/mol. The Labute approximate surface area is 159 Å². The molecule has 0 fully saturated rings. The van der Waals surface area contributed by atoms with Crippen molar-refractivity contribution in [3.05, 3.63) is 72.3 Å². The van der Waals surface area contributed by atoms with Gasteiger partial charge in [0.2, 0.25) is 5.91 Å². The number of anilines is 1. The van der Waals surface area contributed by atoms with Crippen LogP contribution in [0, 0.1) is 12.7 Å². The zero-order chi connectivity index (χ0) is 18.4. The van der Waals surface area contributed by atoms with Crippen molar-refractivity contribution < 1.29 is 9.18 Å². The van der Waals surface area contributed by atoms with Crippen LogP contribution in [-0.2, 0) is 4.79 Å². The molecule has 4 nitrogen and oxygen atoms in total. The highest BCUT2D eigenvalue weighted by atomic mass is 32.2. The van der Waals surface area contributed by atoms with Crippen molar-refractivity contribution >= 4 is 35.1 Å². The normalized spacial score (nSPS) is 10.5. The van der Waals surface area contributed by atoms with Gasteiger partial charge in [-0.05, 0) is 37.3 Å². The summed E-state index contributed by atoms with van der Waals surface area (Å²) >= 11 is 2.81. The second-order valence-corrected chi connectivity index (χ2v) is 7.46. The van der Waals surface area contributed by atoms with Gasteiger partial charge in [-0.15, -0.1) is 0 Å². The van der Waals surface area contributed by atoms with Crippen LogP contribution in [0.1, 0.15) is 5.56 Å². The maximum atomic E-state index is 13.2. The Morgan fingerprint density at radius 3 is 2.62 bits per heavy atom. The monoisotopic (exact) mass is 385 g/mol. The van der Waals surface area contributed by atoms with Gasteiger partial charge in [0.15, 0.2) is 0 Å². The van der Waals surface area contributed by atoms with Gasteiger partial charge in [-0.3, -0.25) is 4.79 Å². The number of halogens is 1. The number of nitrogens with zero attached hydrogens (tertiary/aromatic N) is 2. The fourth-order valence-electron chi connectivity index (χ4n) is 2.17. The van der Waals surface area contributed by atoms with Gasteiger partial charge in [-0.1, -0.05) is 47.3 Å². The molecule has 0 radical (unpaired) electrons. The molecule has 1 amide bonds. The van der Waals surface area contributed by atoms with E-state index < -0.39 is 0 Å². The van der Waals surface area contributed by atoms with Crippen LogP contribution in [-0.4, -0.2) is 21.6 Å². The third-order valence-corrected chi connectivity index (χ3v) is 5.38. The topological polar surface area (TPSA) is 54.9 Å². The van der Waals surface area contributed by atoms with Crippen molar-refractivity contribution in [2.45, 2.75) is 21.9 Å². The third-order valence-electron chi connectivity index (χ3n) is 3.29. The van der Waals surface area contributed by atoms with E-state index in [1.165, 1.54) is 41.2 Å². The number of aromatic nitrogens is 2. The molecular weight excluding hydrogens is 369 g/mol. The summed E-state index contributed by atoms with van der Waals surface area (Å²) < 4.78 is 13.2. The van der Waals surface area contributed by atoms with Gasteiger partial charge >= 0.3 is 0 Å². The summed E-state index contributed by atoms with van der Waals surface area (Å²) in [6.45, 7) is 2.03. The molecule has 0 spiro atoms. The first kappa shape index (κ1) is 18.4. The fraction of sp³-hybridized carbons (Fsp3) is 0.105. The van der Waals surface area contributed by atoms with Crippen molar-refractivity contribution in [1.29, 1.82) is 0 Å². The molecule has 132 valence electrons. The summed E-state index contributed by atoms with van der Waals surface area (Å²) in [5.74, 6) is -0.449. The van der Waals surface area contributed by atoms with Crippen LogP contribution in [0.4, 0.5) is 10.1 Å². The smallest absolute Gasteiger partial charge is 0.234 e. The lowest BCUT2D eigenvalue weighted by atomic mass is 10.2. The molecule has 0 saturated carbocycles. The predicted molar refractivity (Wildman–Crippen MR) is 103 cm³/mol. The lowest BCUT2D eigenvalue weighted by molar-refractivity contribution is -0.113. The molecule has 1 N–H and O–H groups in total. The highest BCUT2D eigenvalue weighted by Gasteiger charge is 2.11. The maximum Gasteiger partial charge on any atom is 0.234 e. The van der Waals surface area contributed by atoms with Crippen LogP contribution < -0.4 is 5.32 Å². The van der Waals surface area contributed by atoms with Crippen molar-refractivity contribution in [3.8, 4) is 0 Å². The van der Waals surface area contributed by atoms with Gasteiger partial charge in [0.25, 0.3) is 0 Å². The molecule has 3 rings (SSSR count). The highest BCUT2D eigenvalue weighted by molar-refractivity contribution is 8.02. The first-order chi connectivity index (χ1) is 12.6. The second kappa shape index (κ2) is 8.82. The first-order valence-corrected chi connectivity index (χ1v) is 9.64. The van der Waals surface area contributed by atoms with Crippen LogP contribution >= 0.6 is 23.5 Å². The number of carbonyl (C=O) groups is 1. The molecule has 0 atom stereocenters. The molecule has 2 aromatic carbocycles. The summed E-state index contributed by atoms with van der Waals surface area (Å²) in [6, 6.07) is 13.9. The molecule has 1 heterocycles. The van der Waals surface area contributed by atoms with Crippen molar-refractivity contribution in [3.63, 3.8) is 0 Å². The lowest BCUT2D eigenvalue weighted by Gasteiger charge is -2.08. The molecule has 0 aliphatic heterocycles. The van der Waals surface area contributed by atoms with Crippen LogP contribution in [0.15, 0.2) is 75.9 Å². The molecule has 26 heavy (non-hydrogen) atoms. The van der Waals surface area contributed by atoms with Crippen molar-refractivity contribution in [2.24, 2.45) is 0 Å². The molecule has 0 bridgehead atoms. The average Bonchev–Trinajstić information content (AvgIpc) is 2.61. The van der Waals surface area contributed by atoms with Gasteiger partial charge in [-0.2, -0.15) is 0 Å². The standard InChI is InChI=1S/C19H16FN3OS2/c1-13-4-2-7-16(10-13)26-19-18(21-8-9-22-19)25-12-17(24)23-15-6-3-5-14(20)11-15/h2-11H,12H2,1H3,(H,23,24). The maximum absolute atomic E-state index is 13.2. The van der Waals surface area contributed by atoms with E-state index in [9.17, 15) is 9.18 Å². The molecule has 3 aromatic rings. The van der Waals surface area contributed by atoms with Crippen molar-refractivity contribution in [2.75, 3.05) is 11.1 Å². The Bertz CT molecular complexity index is 921. The molecule has 0 saturated heterocycles. The number of amides is 1. The van der Waals surface area contributed by atoms with Crippen LogP contribution in [0.3, 0.4) is 0 Å². The van der Waals surface area contributed by atoms with Crippen LogP contribution in [0.25, 0.3) is 0 Å². The number of hydrogen-bond acceptors (Lipinski definition) is 5. The number of nitrogens with one attached hydrogen (secondary N) is 1. The second-order valence-electron chi connectivity index (χ2n) is 5.43. The quantitative estimate of drug-likeness (QED) is 0.618. The van der Waals surface area contributed by atoms with E-state index in [-0.39, 0.29) is 17.5 Å². The molecule has 1 aromatic heterocycles. The van der Waals surface area contributed by atoms with E-state index in [4.69, 9.17) is 0 Å². The van der Waals surface area contributed by atoms with Gasteiger partial charge in [0.05, 0.1) is 5.75 Å². The van der Waals surface area contributed by atoms with Gasteiger partial charge in [0, 0.05) is 23.0 Å². The Hall–Kier alpha value is -2.38. The molecule has 0 aliphatic rings. The number of rotatable bonds is 6. The number of benzene rings is 2. The predicted octanol–water partition coefficient (Wildman–Crippen LogP) is 4.81. The largest absolute Gasteiger partial charge is 0.325 e. The minimum absolute atomic E-state index is 0.163. The Kier molecular flexibility index (Phi) is 6.25. The summed E-state index contributed by atoms with van der Waals surface area (Å²) in [4.78, 5) is 21.9. The molecule has 0 aliphatic carbocycles. The zero-order valence-electron chi connectivity index (χ0n) is 14.0. The van der Waals surface area contributed by atoms with E-state index in [1.807, 2.05) is 25.1 Å². The summed E-state index contributed by atoms with van der Waals surface area (Å²) in [7, 11) is 0. The lowest BCUT2D eigenvalue weighted by Crippen LogP contribution is -2.14. The Balaban J connectivity index is 1.64. The molecular formula is C19H16FN3OS2. The minimum Gasteiger partial charge on any atom is -0.325 e. The van der Waals surface area contributed by atoms with E-state index in [0.29, 0.717) is 10.7 Å². The Morgan fingerprint density at radius 2 is 1.85 bits per heavy atom.